The van der Waals surface area contributed by atoms with E-state index in [1.807, 2.05) is 24.3 Å². The number of amides is 2. The Morgan fingerprint density at radius 2 is 1.76 bits per heavy atom. The van der Waals surface area contributed by atoms with E-state index in [1.165, 1.54) is 11.3 Å². The molecule has 0 saturated carbocycles. The monoisotopic (exact) mass is 492 g/mol. The first kappa shape index (κ1) is 22.1. The van der Waals surface area contributed by atoms with Gasteiger partial charge in [0, 0.05) is 48.4 Å². The number of nitrogens with zero attached hydrogens (tertiary/aromatic N) is 3. The highest BCUT2D eigenvalue weighted by atomic mass is 32.2. The maximum Gasteiger partial charge on any atom is 0.323 e. The summed E-state index contributed by atoms with van der Waals surface area (Å²) in [5, 5.41) is 5.01. The quantitative estimate of drug-likeness (QED) is 0.564. The Hall–Kier alpha value is -3.68. The molecule has 1 fully saturated rings. The predicted octanol–water partition coefficient (Wildman–Crippen LogP) is 3.12. The number of hydrogen-bond acceptors (Lipinski definition) is 7. The first-order chi connectivity index (χ1) is 16.4. The fourth-order valence-electron chi connectivity index (χ4n) is 4.25. The normalized spacial score (nSPS) is 16.7. The summed E-state index contributed by atoms with van der Waals surface area (Å²) in [6, 6.07) is 12.4. The number of urea groups is 1. The lowest BCUT2D eigenvalue weighted by Gasteiger charge is -2.36. The molecule has 10 heteroatoms. The van der Waals surface area contributed by atoms with Crippen molar-refractivity contribution in [2.45, 2.75) is 4.90 Å². The fraction of sp³-hybridized carbons (Fsp3) is 0.208. The molecule has 172 valence electrons. The molecule has 34 heavy (non-hydrogen) atoms. The molecule has 1 aromatic heterocycles. The van der Waals surface area contributed by atoms with Gasteiger partial charge in [-0.15, -0.1) is 17.8 Å². The van der Waals surface area contributed by atoms with Crippen LogP contribution in [0.3, 0.4) is 0 Å². The third kappa shape index (κ3) is 4.04. The summed E-state index contributed by atoms with van der Waals surface area (Å²) in [6.45, 7) is 2.41. The number of sulfone groups is 1. The third-order valence-electron chi connectivity index (χ3n) is 5.92. The van der Waals surface area contributed by atoms with Crippen LogP contribution in [0.25, 0.3) is 11.1 Å². The first-order valence-electron chi connectivity index (χ1n) is 10.6. The Labute approximate surface area is 201 Å². The molecule has 2 aliphatic heterocycles. The van der Waals surface area contributed by atoms with Crippen molar-refractivity contribution in [3.63, 3.8) is 0 Å². The Morgan fingerprint density at radius 1 is 1.06 bits per heavy atom. The summed E-state index contributed by atoms with van der Waals surface area (Å²) >= 11 is 1.30. The molecule has 0 atom stereocenters. The number of terminal acetylenes is 1. The summed E-state index contributed by atoms with van der Waals surface area (Å²) in [7, 11) is -3.62. The molecule has 2 aliphatic rings. The van der Waals surface area contributed by atoms with E-state index in [0.717, 1.165) is 11.3 Å². The zero-order valence-corrected chi connectivity index (χ0v) is 19.7. The number of nitrogens with one attached hydrogen (secondary N) is 1. The molecule has 5 rings (SSSR count). The van der Waals surface area contributed by atoms with E-state index >= 15 is 0 Å². The number of carbonyl (C=O) groups is 2. The number of thiazole rings is 1. The van der Waals surface area contributed by atoms with Crippen molar-refractivity contribution < 1.29 is 18.0 Å². The molecule has 0 spiro atoms. The average Bonchev–Trinajstić information content (AvgIpc) is 3.40. The Morgan fingerprint density at radius 3 is 2.44 bits per heavy atom. The van der Waals surface area contributed by atoms with Gasteiger partial charge >= 0.3 is 6.03 Å². The molecule has 0 aliphatic carbocycles. The molecular weight excluding hydrogens is 472 g/mol. The Balaban J connectivity index is 1.26. The summed E-state index contributed by atoms with van der Waals surface area (Å²) in [6.07, 6.45) is 5.32. The second-order valence-electron chi connectivity index (χ2n) is 8.00. The fourth-order valence-corrected chi connectivity index (χ4v) is 6.48. The van der Waals surface area contributed by atoms with Gasteiger partial charge in [0.2, 0.25) is 0 Å². The van der Waals surface area contributed by atoms with Gasteiger partial charge in [-0.1, -0.05) is 30.3 Å². The van der Waals surface area contributed by atoms with E-state index in [0.29, 0.717) is 42.6 Å². The maximum absolute atomic E-state index is 12.5. The van der Waals surface area contributed by atoms with Gasteiger partial charge in [0.25, 0.3) is 0 Å². The molecule has 0 bridgehead atoms. The second-order valence-corrected chi connectivity index (χ2v) is 10.8. The molecule has 1 saturated heterocycles. The van der Waals surface area contributed by atoms with Crippen LogP contribution in [0.15, 0.2) is 52.7 Å². The van der Waals surface area contributed by atoms with Crippen molar-refractivity contribution in [1.82, 2.24) is 9.88 Å². The number of benzene rings is 2. The first-order valence-corrected chi connectivity index (χ1v) is 13.1. The lowest BCUT2D eigenvalue weighted by atomic mass is 10.0. The van der Waals surface area contributed by atoms with Gasteiger partial charge in [-0.25, -0.2) is 18.2 Å². The Kier molecular flexibility index (Phi) is 5.59. The minimum Gasteiger partial charge on any atom is -0.368 e. The number of fused-ring (bicyclic) bond motifs is 1. The van der Waals surface area contributed by atoms with Crippen molar-refractivity contribution >= 4 is 44.5 Å². The summed E-state index contributed by atoms with van der Waals surface area (Å²) < 4.78 is 25.0. The number of aromatic nitrogens is 1. The van der Waals surface area contributed by atoms with Gasteiger partial charge in [-0.3, -0.25) is 10.1 Å². The smallest absolute Gasteiger partial charge is 0.323 e. The van der Waals surface area contributed by atoms with E-state index in [2.05, 4.69) is 21.1 Å². The number of ketones is 1. The Bertz CT molecular complexity index is 1430. The second kappa shape index (κ2) is 8.59. The van der Waals surface area contributed by atoms with E-state index < -0.39 is 15.6 Å². The summed E-state index contributed by atoms with van der Waals surface area (Å²) in [4.78, 5) is 32.8. The molecule has 2 amide bonds. The van der Waals surface area contributed by atoms with E-state index in [4.69, 9.17) is 6.42 Å². The van der Waals surface area contributed by atoms with Crippen LogP contribution in [0.5, 0.6) is 0 Å². The standard InChI is InChI=1S/C24H20N4O4S2/c1-2-22-25-21(14-33-22)26-24(30)28-12-10-27(11-13-28)17-8-6-16(7-9-17)18-4-3-5-19-20(29)15-34(31,32)23(18)19/h1,3-9,14H,10-13,15H2,(H,26,30). The van der Waals surface area contributed by atoms with Crippen molar-refractivity contribution in [3.8, 4) is 23.5 Å². The zero-order valence-electron chi connectivity index (χ0n) is 18.0. The van der Waals surface area contributed by atoms with Crippen LogP contribution in [0.4, 0.5) is 16.3 Å². The third-order valence-corrected chi connectivity index (χ3v) is 8.40. The minimum absolute atomic E-state index is 0.127. The highest BCUT2D eigenvalue weighted by molar-refractivity contribution is 7.93. The van der Waals surface area contributed by atoms with Crippen molar-refractivity contribution in [2.75, 3.05) is 42.1 Å². The highest BCUT2D eigenvalue weighted by Crippen LogP contribution is 2.36. The largest absolute Gasteiger partial charge is 0.368 e. The van der Waals surface area contributed by atoms with E-state index in [1.54, 1.807) is 28.5 Å². The van der Waals surface area contributed by atoms with E-state index in [9.17, 15) is 18.0 Å². The van der Waals surface area contributed by atoms with Crippen LogP contribution in [0.1, 0.15) is 15.4 Å². The zero-order chi connectivity index (χ0) is 23.9. The number of anilines is 2. The van der Waals surface area contributed by atoms with Gasteiger partial charge in [0.05, 0.1) is 4.90 Å². The van der Waals surface area contributed by atoms with Crippen LogP contribution in [0, 0.1) is 12.3 Å². The van der Waals surface area contributed by atoms with Crippen LogP contribution in [-0.4, -0.2) is 62.0 Å². The number of hydrogen-bond donors (Lipinski definition) is 1. The molecule has 0 unspecified atom stereocenters. The molecule has 2 aromatic carbocycles. The number of Topliss-reactive ketones (excluding diaryl/α,β-unsaturated/α-hetero) is 1. The molecule has 0 radical (unpaired) electrons. The van der Waals surface area contributed by atoms with Crippen LogP contribution < -0.4 is 10.2 Å². The van der Waals surface area contributed by atoms with E-state index in [-0.39, 0.29) is 22.3 Å². The van der Waals surface area contributed by atoms with Crippen LogP contribution in [0.2, 0.25) is 0 Å². The topological polar surface area (TPSA) is 99.7 Å². The average molecular weight is 493 g/mol. The number of rotatable bonds is 3. The summed E-state index contributed by atoms with van der Waals surface area (Å²) in [5.74, 6) is 2.07. The van der Waals surface area contributed by atoms with Crippen LogP contribution >= 0.6 is 11.3 Å². The number of piperazine rings is 1. The lowest BCUT2D eigenvalue weighted by molar-refractivity contribution is 0.102. The van der Waals surface area contributed by atoms with Crippen molar-refractivity contribution in [3.05, 3.63) is 58.4 Å². The van der Waals surface area contributed by atoms with Crippen molar-refractivity contribution in [1.29, 1.82) is 0 Å². The maximum atomic E-state index is 12.5. The molecule has 8 nitrogen and oxygen atoms in total. The molecule has 3 heterocycles. The summed E-state index contributed by atoms with van der Waals surface area (Å²) in [5.41, 5.74) is 2.54. The SMILES string of the molecule is C#Cc1nc(NC(=O)N2CCN(c3ccc(-c4cccc5c4S(=O)(=O)CC5=O)cc3)CC2)cs1. The predicted molar refractivity (Wildman–Crippen MR) is 131 cm³/mol. The van der Waals surface area contributed by atoms with Crippen LogP contribution in [-0.2, 0) is 9.84 Å². The minimum atomic E-state index is -3.62. The van der Waals surface area contributed by atoms with Gasteiger partial charge in [-0.2, -0.15) is 0 Å². The number of carbonyl (C=O) groups excluding carboxylic acids is 2. The highest BCUT2D eigenvalue weighted by Gasteiger charge is 2.35. The molecule has 3 aromatic rings. The molecule has 1 N–H and O–H groups in total. The lowest BCUT2D eigenvalue weighted by Crippen LogP contribution is -2.50. The molecular formula is C24H20N4O4S2. The van der Waals surface area contributed by atoms with Gasteiger partial charge in [-0.05, 0) is 23.6 Å². The van der Waals surface area contributed by atoms with Crippen molar-refractivity contribution in [2.24, 2.45) is 0 Å². The van der Waals surface area contributed by atoms with Gasteiger partial charge in [0.1, 0.15) is 11.6 Å². The van der Waals surface area contributed by atoms with Gasteiger partial charge in [0.15, 0.2) is 20.6 Å². The van der Waals surface area contributed by atoms with Gasteiger partial charge < -0.3 is 9.80 Å².